The van der Waals surface area contributed by atoms with Crippen LogP contribution in [0.25, 0.3) is 0 Å². The number of amides is 1. The zero-order valence-corrected chi connectivity index (χ0v) is 15.3. The van der Waals surface area contributed by atoms with Crippen molar-refractivity contribution in [2.75, 3.05) is 19.4 Å². The number of carbonyl (C=O) groups is 1. The molecule has 1 amide bonds. The number of benzene rings is 1. The van der Waals surface area contributed by atoms with Gasteiger partial charge in [-0.15, -0.1) is 11.8 Å². The van der Waals surface area contributed by atoms with Crippen LogP contribution in [0.4, 0.5) is 0 Å². The minimum atomic E-state index is -0.380. The first-order valence-corrected chi connectivity index (χ1v) is 9.25. The average Bonchev–Trinajstić information content (AvgIpc) is 2.60. The van der Waals surface area contributed by atoms with Crippen LogP contribution in [0.15, 0.2) is 40.9 Å². The van der Waals surface area contributed by atoms with Crippen LogP contribution in [0.1, 0.15) is 26.7 Å². The number of nitrogens with zero attached hydrogens (tertiary/aromatic N) is 1. The SMILES string of the molecule is CCCCN/C(SC)=C(/C#N)C(=O)NC(C)COc1ccccc1. The van der Waals surface area contributed by atoms with E-state index in [-0.39, 0.29) is 17.5 Å². The van der Waals surface area contributed by atoms with Gasteiger partial charge in [-0.05, 0) is 31.7 Å². The van der Waals surface area contributed by atoms with Crippen molar-refractivity contribution < 1.29 is 9.53 Å². The smallest absolute Gasteiger partial charge is 0.264 e. The lowest BCUT2D eigenvalue weighted by atomic mass is 10.2. The number of nitrogens with one attached hydrogen (secondary N) is 2. The molecule has 24 heavy (non-hydrogen) atoms. The van der Waals surface area contributed by atoms with Crippen LogP contribution in [0, 0.1) is 11.3 Å². The van der Waals surface area contributed by atoms with E-state index >= 15 is 0 Å². The van der Waals surface area contributed by atoms with Gasteiger partial charge >= 0.3 is 0 Å². The van der Waals surface area contributed by atoms with E-state index in [1.54, 1.807) is 0 Å². The molecule has 0 fully saturated rings. The Morgan fingerprint density at radius 2 is 2.08 bits per heavy atom. The van der Waals surface area contributed by atoms with Gasteiger partial charge in [0.1, 0.15) is 24.0 Å². The number of ether oxygens (including phenoxy) is 1. The largest absolute Gasteiger partial charge is 0.491 e. The van der Waals surface area contributed by atoms with Gasteiger partial charge in [-0.2, -0.15) is 5.26 Å². The summed E-state index contributed by atoms with van der Waals surface area (Å²) in [6.07, 6.45) is 3.89. The molecule has 0 heterocycles. The van der Waals surface area contributed by atoms with Crippen LogP contribution in [-0.2, 0) is 4.79 Å². The van der Waals surface area contributed by atoms with E-state index in [1.807, 2.05) is 49.6 Å². The number of nitriles is 1. The maximum absolute atomic E-state index is 12.3. The molecule has 1 unspecified atom stereocenters. The highest BCUT2D eigenvalue weighted by Crippen LogP contribution is 2.14. The predicted octanol–water partition coefficient (Wildman–Crippen LogP) is 3.06. The quantitative estimate of drug-likeness (QED) is 0.386. The lowest BCUT2D eigenvalue weighted by Crippen LogP contribution is -2.38. The minimum absolute atomic E-state index is 0.116. The summed E-state index contributed by atoms with van der Waals surface area (Å²) in [5.74, 6) is 0.371. The Labute approximate surface area is 148 Å². The van der Waals surface area contributed by atoms with E-state index < -0.39 is 0 Å². The summed E-state index contributed by atoms with van der Waals surface area (Å²) in [5, 5.41) is 15.9. The molecule has 0 radical (unpaired) electrons. The number of unbranched alkanes of at least 4 members (excludes halogenated alkanes) is 1. The molecular formula is C18H25N3O2S. The monoisotopic (exact) mass is 347 g/mol. The fraction of sp³-hybridized carbons (Fsp3) is 0.444. The van der Waals surface area contributed by atoms with Gasteiger partial charge in [0.2, 0.25) is 0 Å². The first-order chi connectivity index (χ1) is 11.6. The van der Waals surface area contributed by atoms with Crippen LogP contribution in [0.5, 0.6) is 5.75 Å². The summed E-state index contributed by atoms with van der Waals surface area (Å²) in [4.78, 5) is 12.3. The number of hydrogen-bond acceptors (Lipinski definition) is 5. The molecule has 1 atom stereocenters. The molecule has 0 saturated carbocycles. The topological polar surface area (TPSA) is 74.2 Å². The highest BCUT2D eigenvalue weighted by Gasteiger charge is 2.17. The summed E-state index contributed by atoms with van der Waals surface area (Å²) < 4.78 is 5.61. The lowest BCUT2D eigenvalue weighted by molar-refractivity contribution is -0.117. The van der Waals surface area contributed by atoms with Crippen molar-refractivity contribution in [2.45, 2.75) is 32.7 Å². The summed E-state index contributed by atoms with van der Waals surface area (Å²) in [7, 11) is 0. The second-order valence-corrected chi connectivity index (χ2v) is 6.12. The maximum atomic E-state index is 12.3. The van der Waals surface area contributed by atoms with Crippen molar-refractivity contribution >= 4 is 17.7 Å². The summed E-state index contributed by atoms with van der Waals surface area (Å²) >= 11 is 1.37. The molecule has 0 saturated heterocycles. The first kappa shape index (κ1) is 19.9. The molecule has 2 N–H and O–H groups in total. The Kier molecular flexibility index (Phi) is 9.47. The highest BCUT2D eigenvalue weighted by atomic mass is 32.2. The van der Waals surface area contributed by atoms with Crippen LogP contribution in [-0.4, -0.2) is 31.4 Å². The molecule has 0 aliphatic rings. The molecule has 1 aromatic rings. The Morgan fingerprint density at radius 1 is 1.38 bits per heavy atom. The van der Waals surface area contributed by atoms with Crippen LogP contribution in [0.2, 0.25) is 0 Å². The van der Waals surface area contributed by atoms with Gasteiger partial charge in [-0.3, -0.25) is 4.79 Å². The van der Waals surface area contributed by atoms with Crippen molar-refractivity contribution in [1.82, 2.24) is 10.6 Å². The molecular weight excluding hydrogens is 322 g/mol. The van der Waals surface area contributed by atoms with E-state index in [1.165, 1.54) is 11.8 Å². The van der Waals surface area contributed by atoms with Crippen molar-refractivity contribution in [2.24, 2.45) is 0 Å². The third-order valence-corrected chi connectivity index (χ3v) is 3.96. The molecule has 130 valence electrons. The molecule has 5 nitrogen and oxygen atoms in total. The fourth-order valence-electron chi connectivity index (χ4n) is 1.92. The molecule has 1 aromatic carbocycles. The maximum Gasteiger partial charge on any atom is 0.264 e. The molecule has 6 heteroatoms. The Hall–Kier alpha value is -2.13. The third-order valence-electron chi connectivity index (χ3n) is 3.21. The van der Waals surface area contributed by atoms with Gasteiger partial charge in [0.25, 0.3) is 5.91 Å². The van der Waals surface area contributed by atoms with Gasteiger partial charge in [0.15, 0.2) is 0 Å². The number of carbonyl (C=O) groups excluding carboxylic acids is 1. The highest BCUT2D eigenvalue weighted by molar-refractivity contribution is 8.02. The molecule has 0 aliphatic carbocycles. The van der Waals surface area contributed by atoms with Crippen LogP contribution < -0.4 is 15.4 Å². The average molecular weight is 347 g/mol. The first-order valence-electron chi connectivity index (χ1n) is 8.03. The molecule has 0 aliphatic heterocycles. The van der Waals surface area contributed by atoms with E-state index in [0.29, 0.717) is 11.6 Å². The van der Waals surface area contributed by atoms with Crippen molar-refractivity contribution in [3.8, 4) is 11.8 Å². The number of thioether (sulfide) groups is 1. The van der Waals surface area contributed by atoms with Gasteiger partial charge in [0, 0.05) is 6.54 Å². The van der Waals surface area contributed by atoms with Crippen molar-refractivity contribution in [3.05, 3.63) is 40.9 Å². The van der Waals surface area contributed by atoms with E-state index in [0.717, 1.165) is 25.1 Å². The summed E-state index contributed by atoms with van der Waals surface area (Å²) in [6, 6.07) is 11.2. The normalized spacial score (nSPS) is 12.6. The van der Waals surface area contributed by atoms with Gasteiger partial charge < -0.3 is 15.4 Å². The van der Waals surface area contributed by atoms with Gasteiger partial charge in [0.05, 0.1) is 11.1 Å². The predicted molar refractivity (Wildman–Crippen MR) is 98.6 cm³/mol. The lowest BCUT2D eigenvalue weighted by Gasteiger charge is -2.16. The Morgan fingerprint density at radius 3 is 2.67 bits per heavy atom. The van der Waals surface area contributed by atoms with E-state index in [9.17, 15) is 10.1 Å². The van der Waals surface area contributed by atoms with E-state index in [2.05, 4.69) is 17.6 Å². The molecule has 0 spiro atoms. The van der Waals surface area contributed by atoms with Crippen molar-refractivity contribution in [1.29, 1.82) is 5.26 Å². The van der Waals surface area contributed by atoms with E-state index in [4.69, 9.17) is 4.74 Å². The minimum Gasteiger partial charge on any atom is -0.491 e. The zero-order chi connectivity index (χ0) is 17.8. The Bertz CT molecular complexity index is 582. The third kappa shape index (κ3) is 6.97. The number of hydrogen-bond donors (Lipinski definition) is 2. The fourth-order valence-corrected chi connectivity index (χ4v) is 2.51. The molecule has 0 bridgehead atoms. The molecule has 0 aromatic heterocycles. The second-order valence-electron chi connectivity index (χ2n) is 5.30. The second kappa shape index (κ2) is 11.4. The van der Waals surface area contributed by atoms with Gasteiger partial charge in [-0.1, -0.05) is 31.5 Å². The number of para-hydroxylation sites is 1. The van der Waals surface area contributed by atoms with Crippen LogP contribution in [0.3, 0.4) is 0 Å². The zero-order valence-electron chi connectivity index (χ0n) is 14.5. The summed E-state index contributed by atoms with van der Waals surface area (Å²) in [6.45, 7) is 5.03. The summed E-state index contributed by atoms with van der Waals surface area (Å²) in [5.41, 5.74) is 0.116. The van der Waals surface area contributed by atoms with Gasteiger partial charge in [-0.25, -0.2) is 0 Å². The Balaban J connectivity index is 2.60. The molecule has 1 rings (SSSR count). The van der Waals surface area contributed by atoms with Crippen molar-refractivity contribution in [3.63, 3.8) is 0 Å². The number of rotatable bonds is 10. The standard InChI is InChI=1S/C18H25N3O2S/c1-4-5-11-20-18(24-3)16(12-19)17(22)21-14(2)13-23-15-9-7-6-8-10-15/h6-10,14,20H,4-5,11,13H2,1-3H3,(H,21,22)/b18-16+. The van der Waals surface area contributed by atoms with Crippen LogP contribution >= 0.6 is 11.8 Å².